The fraction of sp³-hybridized carbons (Fsp3) is 0.750. The number of hydrogen-bond acceptors (Lipinski definition) is 2. The second kappa shape index (κ2) is 2.07. The van der Waals surface area contributed by atoms with Gasteiger partial charge in [-0.25, -0.2) is 4.79 Å². The Kier molecular flexibility index (Phi) is 1.90. The Morgan fingerprint density at radius 1 is 1.75 bits per heavy atom. The maximum Gasteiger partial charge on any atom is 0.404 e. The van der Waals surface area contributed by atoms with Crippen LogP contribution in [0.15, 0.2) is 0 Å². The second-order valence-corrected chi connectivity index (χ2v) is 2.02. The summed E-state index contributed by atoms with van der Waals surface area (Å²) in [5, 5.41) is 0. The van der Waals surface area contributed by atoms with Crippen LogP contribution in [-0.2, 0) is 4.74 Å². The number of carbonyl (C=O) groups is 1. The number of nitrogens with two attached hydrogens (primary N) is 1. The molecule has 3 nitrogen and oxygen atoms in total. The van der Waals surface area contributed by atoms with E-state index in [2.05, 4.69) is 10.5 Å². The van der Waals surface area contributed by atoms with Gasteiger partial charge in [0.05, 0.1) is 5.50 Å². The van der Waals surface area contributed by atoms with Gasteiger partial charge in [-0.2, -0.15) is 0 Å². The van der Waals surface area contributed by atoms with E-state index in [0.717, 1.165) is 0 Å². The van der Waals surface area contributed by atoms with E-state index in [-0.39, 0.29) is 0 Å². The molecule has 0 spiro atoms. The molecule has 0 aromatic heterocycles. The standard InChI is InChI=1S/C4H8BNO2/c1-4(2,5)8-3(6)7/h1-2H3,(H2,6,7). The molecular weight excluding hydrogens is 105 g/mol. The zero-order valence-electron chi connectivity index (χ0n) is 4.97. The largest absolute Gasteiger partial charge is 0.454 e. The van der Waals surface area contributed by atoms with Crippen molar-refractivity contribution in [1.82, 2.24) is 0 Å². The van der Waals surface area contributed by atoms with Crippen molar-refractivity contribution in [3.8, 4) is 0 Å². The highest BCUT2D eigenvalue weighted by molar-refractivity contribution is 6.14. The Hall–Kier alpha value is -0.665. The van der Waals surface area contributed by atoms with Crippen LogP contribution in [0.5, 0.6) is 0 Å². The van der Waals surface area contributed by atoms with Crippen molar-refractivity contribution in [2.45, 2.75) is 19.3 Å². The highest BCUT2D eigenvalue weighted by atomic mass is 16.6. The Labute approximate surface area is 49.6 Å². The van der Waals surface area contributed by atoms with Crippen molar-refractivity contribution in [3.63, 3.8) is 0 Å². The fourth-order valence-corrected chi connectivity index (χ4v) is 0.259. The lowest BCUT2D eigenvalue weighted by molar-refractivity contribution is 0.102. The molecule has 1 amide bonds. The van der Waals surface area contributed by atoms with Crippen molar-refractivity contribution < 1.29 is 9.53 Å². The molecule has 0 saturated carbocycles. The molecular formula is C4H8BNO2. The van der Waals surface area contributed by atoms with E-state index in [0.29, 0.717) is 0 Å². The summed E-state index contributed by atoms with van der Waals surface area (Å²) in [5.74, 6) is 0. The lowest BCUT2D eigenvalue weighted by Gasteiger charge is -2.17. The molecule has 8 heavy (non-hydrogen) atoms. The summed E-state index contributed by atoms with van der Waals surface area (Å²) in [6.07, 6.45) is -0.850. The summed E-state index contributed by atoms with van der Waals surface area (Å²) in [5.41, 5.74) is 3.68. The first kappa shape index (κ1) is 7.33. The number of primary amides is 1. The number of ether oxygens (including phenoxy) is 1. The first-order valence-electron chi connectivity index (χ1n) is 2.19. The third-order valence-corrected chi connectivity index (χ3v) is 0.364. The minimum atomic E-state index is -0.953. The van der Waals surface area contributed by atoms with E-state index >= 15 is 0 Å². The van der Waals surface area contributed by atoms with Crippen LogP contribution in [0.3, 0.4) is 0 Å². The van der Waals surface area contributed by atoms with E-state index in [4.69, 9.17) is 7.85 Å². The minimum absolute atomic E-state index is 0.850. The molecule has 0 aliphatic carbocycles. The summed E-state index contributed by atoms with van der Waals surface area (Å²) in [6.45, 7) is 3.08. The molecule has 0 aromatic carbocycles. The molecule has 0 aliphatic heterocycles. The lowest BCUT2D eigenvalue weighted by Crippen LogP contribution is -2.30. The zero-order valence-corrected chi connectivity index (χ0v) is 4.97. The smallest absolute Gasteiger partial charge is 0.404 e. The monoisotopic (exact) mass is 113 g/mol. The Balaban J connectivity index is 3.55. The summed E-state index contributed by atoms with van der Waals surface area (Å²) >= 11 is 0. The molecule has 0 fully saturated rings. The van der Waals surface area contributed by atoms with Gasteiger partial charge in [-0.15, -0.1) is 0 Å². The molecule has 0 aromatic rings. The van der Waals surface area contributed by atoms with Gasteiger partial charge in [-0.1, -0.05) is 0 Å². The van der Waals surface area contributed by atoms with Crippen molar-refractivity contribution in [2.24, 2.45) is 5.73 Å². The average molecular weight is 113 g/mol. The van der Waals surface area contributed by atoms with Crippen LogP contribution in [0.1, 0.15) is 13.8 Å². The van der Waals surface area contributed by atoms with Gasteiger partial charge in [0.1, 0.15) is 7.85 Å². The predicted molar refractivity (Wildman–Crippen MR) is 30.5 cm³/mol. The van der Waals surface area contributed by atoms with Crippen LogP contribution in [0.4, 0.5) is 4.79 Å². The topological polar surface area (TPSA) is 52.3 Å². The zero-order chi connectivity index (χ0) is 6.78. The highest BCUT2D eigenvalue weighted by Gasteiger charge is 2.11. The van der Waals surface area contributed by atoms with Gasteiger partial charge in [0.25, 0.3) is 0 Å². The van der Waals surface area contributed by atoms with E-state index < -0.39 is 11.6 Å². The Morgan fingerprint density at radius 3 is 2.12 bits per heavy atom. The number of amides is 1. The highest BCUT2D eigenvalue weighted by Crippen LogP contribution is 2.00. The van der Waals surface area contributed by atoms with Crippen LogP contribution < -0.4 is 5.73 Å². The molecule has 0 heterocycles. The van der Waals surface area contributed by atoms with E-state index in [1.807, 2.05) is 0 Å². The van der Waals surface area contributed by atoms with Gasteiger partial charge < -0.3 is 10.5 Å². The Bertz CT molecular complexity index is 96.7. The third-order valence-electron chi connectivity index (χ3n) is 0.364. The molecule has 2 N–H and O–H groups in total. The number of carbonyl (C=O) groups excluding carboxylic acids is 1. The SMILES string of the molecule is [B]C(C)(C)OC(N)=O. The van der Waals surface area contributed by atoms with E-state index in [1.165, 1.54) is 13.8 Å². The molecule has 0 saturated heterocycles. The third kappa shape index (κ3) is 5.33. The van der Waals surface area contributed by atoms with Crippen LogP contribution >= 0.6 is 0 Å². The van der Waals surface area contributed by atoms with Gasteiger partial charge in [0, 0.05) is 0 Å². The summed E-state index contributed by atoms with van der Waals surface area (Å²) in [7, 11) is 5.21. The lowest BCUT2D eigenvalue weighted by atomic mass is 9.86. The molecule has 0 atom stereocenters. The maximum absolute atomic E-state index is 9.93. The van der Waals surface area contributed by atoms with E-state index in [9.17, 15) is 4.79 Å². The van der Waals surface area contributed by atoms with Crippen LogP contribution in [-0.4, -0.2) is 19.4 Å². The molecule has 2 radical (unpaired) electrons. The number of rotatable bonds is 1. The summed E-state index contributed by atoms with van der Waals surface area (Å²) in [6, 6.07) is 0. The molecule has 44 valence electrons. The minimum Gasteiger partial charge on any atom is -0.454 e. The molecule has 0 bridgehead atoms. The van der Waals surface area contributed by atoms with Gasteiger partial charge in [-0.3, -0.25) is 0 Å². The molecule has 0 rings (SSSR count). The van der Waals surface area contributed by atoms with Gasteiger partial charge >= 0.3 is 6.09 Å². The molecule has 0 aliphatic rings. The first-order chi connectivity index (χ1) is 3.42. The van der Waals surface area contributed by atoms with E-state index in [1.54, 1.807) is 0 Å². The van der Waals surface area contributed by atoms with Gasteiger partial charge in [-0.05, 0) is 13.8 Å². The Morgan fingerprint density at radius 2 is 2.12 bits per heavy atom. The van der Waals surface area contributed by atoms with Crippen LogP contribution in [0, 0.1) is 0 Å². The molecule has 0 unspecified atom stereocenters. The van der Waals surface area contributed by atoms with Gasteiger partial charge in [0.2, 0.25) is 0 Å². The second-order valence-electron chi connectivity index (χ2n) is 2.02. The molecule has 4 heteroatoms. The van der Waals surface area contributed by atoms with Crippen molar-refractivity contribution in [1.29, 1.82) is 0 Å². The maximum atomic E-state index is 9.93. The summed E-state index contributed by atoms with van der Waals surface area (Å²) < 4.78 is 4.35. The van der Waals surface area contributed by atoms with Crippen molar-refractivity contribution >= 4 is 13.9 Å². The predicted octanol–water partition coefficient (Wildman–Crippen LogP) is -0.0137. The first-order valence-corrected chi connectivity index (χ1v) is 2.19. The average Bonchev–Trinajstić information content (AvgIpc) is 1.21. The fourth-order valence-electron chi connectivity index (χ4n) is 0.259. The van der Waals surface area contributed by atoms with Crippen molar-refractivity contribution in [2.75, 3.05) is 0 Å². The van der Waals surface area contributed by atoms with Gasteiger partial charge in [0.15, 0.2) is 0 Å². The number of hydrogen-bond donors (Lipinski definition) is 1. The van der Waals surface area contributed by atoms with Crippen LogP contribution in [0.2, 0.25) is 0 Å². The summed E-state index contributed by atoms with van der Waals surface area (Å²) in [4.78, 5) is 9.93. The quantitative estimate of drug-likeness (QED) is 0.486. The van der Waals surface area contributed by atoms with Crippen LogP contribution in [0.25, 0.3) is 0 Å². The van der Waals surface area contributed by atoms with Crippen molar-refractivity contribution in [3.05, 3.63) is 0 Å². The normalized spacial score (nSPS) is 10.8.